The van der Waals surface area contributed by atoms with E-state index in [1.165, 1.54) is 0 Å². The van der Waals surface area contributed by atoms with E-state index in [9.17, 15) is 14.7 Å². The number of Topliss-reactive ketones (excluding diaryl/α,β-unsaturated/α-hetero) is 1. The van der Waals surface area contributed by atoms with Crippen molar-refractivity contribution in [1.82, 2.24) is 0 Å². The molecular formula is C20H28O5. The Bertz CT molecular complexity index is 690. The zero-order valence-electron chi connectivity index (χ0n) is 15.7. The van der Waals surface area contributed by atoms with Crippen LogP contribution in [0.4, 0.5) is 0 Å². The van der Waals surface area contributed by atoms with Crippen molar-refractivity contribution >= 4 is 11.8 Å². The topological polar surface area (TPSA) is 76.7 Å². The molecule has 25 heavy (non-hydrogen) atoms. The summed E-state index contributed by atoms with van der Waals surface area (Å²) in [5.41, 5.74) is 0.859. The standard InChI is InChI=1S/C20H28O5/c1-6-10(2)19(23)25-18-14-11(3)9-24-17(14)16(22)15-13(21)8-7-12(4)20(15,18)5/h9-10,12-13,15,18,21H,6-8H2,1-5H3. The van der Waals surface area contributed by atoms with Crippen LogP contribution in [0.2, 0.25) is 0 Å². The lowest BCUT2D eigenvalue weighted by Gasteiger charge is -2.53. The number of aliphatic hydroxyl groups excluding tert-OH is 1. The summed E-state index contributed by atoms with van der Waals surface area (Å²) in [6.45, 7) is 9.72. The van der Waals surface area contributed by atoms with Crippen LogP contribution in [0.3, 0.4) is 0 Å². The Kier molecular flexibility index (Phi) is 4.56. The molecule has 5 nitrogen and oxygen atoms in total. The number of aliphatic hydroxyl groups is 1. The second-order valence-electron chi connectivity index (χ2n) is 8.04. The van der Waals surface area contributed by atoms with Crippen LogP contribution in [0.5, 0.6) is 0 Å². The summed E-state index contributed by atoms with van der Waals surface area (Å²) in [5.74, 6) is -0.860. The second kappa shape index (κ2) is 6.27. The van der Waals surface area contributed by atoms with Crippen LogP contribution in [-0.2, 0) is 9.53 Å². The average molecular weight is 348 g/mol. The average Bonchev–Trinajstić information content (AvgIpc) is 2.96. The molecule has 2 aliphatic carbocycles. The van der Waals surface area contributed by atoms with Gasteiger partial charge in [0.05, 0.1) is 24.2 Å². The molecule has 1 saturated carbocycles. The van der Waals surface area contributed by atoms with E-state index in [2.05, 4.69) is 6.92 Å². The highest BCUT2D eigenvalue weighted by Crippen LogP contribution is 2.59. The molecule has 0 amide bonds. The van der Waals surface area contributed by atoms with E-state index >= 15 is 0 Å². The highest BCUT2D eigenvalue weighted by Gasteiger charge is 2.61. The smallest absolute Gasteiger partial charge is 0.309 e. The first-order valence-corrected chi connectivity index (χ1v) is 9.24. The third kappa shape index (κ3) is 2.55. The normalized spacial score (nSPS) is 35.7. The Morgan fingerprint density at radius 1 is 1.48 bits per heavy atom. The van der Waals surface area contributed by atoms with Crippen molar-refractivity contribution in [3.63, 3.8) is 0 Å². The van der Waals surface area contributed by atoms with Gasteiger partial charge in [-0.15, -0.1) is 0 Å². The predicted molar refractivity (Wildman–Crippen MR) is 92.1 cm³/mol. The molecule has 1 heterocycles. The Balaban J connectivity index is 2.14. The zero-order chi connectivity index (χ0) is 18.5. The fourth-order valence-corrected chi connectivity index (χ4v) is 4.51. The Labute approximate surface area is 148 Å². The minimum absolute atomic E-state index is 0.141. The highest BCUT2D eigenvalue weighted by molar-refractivity contribution is 5.99. The van der Waals surface area contributed by atoms with Gasteiger partial charge in [0.1, 0.15) is 6.10 Å². The quantitative estimate of drug-likeness (QED) is 0.840. The van der Waals surface area contributed by atoms with Gasteiger partial charge >= 0.3 is 5.97 Å². The third-order valence-corrected chi connectivity index (χ3v) is 6.62. The molecule has 1 aromatic heterocycles. The van der Waals surface area contributed by atoms with Crippen molar-refractivity contribution in [1.29, 1.82) is 0 Å². The van der Waals surface area contributed by atoms with E-state index in [-0.39, 0.29) is 29.3 Å². The molecule has 0 bridgehead atoms. The van der Waals surface area contributed by atoms with Crippen molar-refractivity contribution in [2.45, 2.75) is 66.1 Å². The van der Waals surface area contributed by atoms with Gasteiger partial charge in [-0.1, -0.05) is 27.7 Å². The number of hydrogen-bond donors (Lipinski definition) is 1. The summed E-state index contributed by atoms with van der Waals surface area (Å²) in [6.07, 6.45) is 2.30. The molecule has 3 rings (SSSR count). The van der Waals surface area contributed by atoms with Crippen LogP contribution in [0.25, 0.3) is 0 Å². The van der Waals surface area contributed by atoms with Gasteiger partial charge in [0.2, 0.25) is 5.78 Å². The van der Waals surface area contributed by atoms with Crippen molar-refractivity contribution < 1.29 is 23.8 Å². The van der Waals surface area contributed by atoms with E-state index in [0.29, 0.717) is 18.4 Å². The molecule has 1 fully saturated rings. The molecule has 138 valence electrons. The maximum absolute atomic E-state index is 13.1. The maximum atomic E-state index is 13.1. The van der Waals surface area contributed by atoms with Crippen molar-refractivity contribution in [3.05, 3.63) is 23.2 Å². The molecule has 1 N–H and O–H groups in total. The Morgan fingerprint density at radius 3 is 2.80 bits per heavy atom. The van der Waals surface area contributed by atoms with Crippen molar-refractivity contribution in [2.24, 2.45) is 23.2 Å². The van der Waals surface area contributed by atoms with Gasteiger partial charge in [0.15, 0.2) is 5.76 Å². The van der Waals surface area contributed by atoms with Crippen LogP contribution in [0.1, 0.15) is 74.7 Å². The monoisotopic (exact) mass is 348 g/mol. The first kappa shape index (κ1) is 18.2. The highest BCUT2D eigenvalue weighted by atomic mass is 16.5. The van der Waals surface area contributed by atoms with Crippen LogP contribution >= 0.6 is 0 Å². The lowest BCUT2D eigenvalue weighted by molar-refractivity contribution is -0.176. The number of rotatable bonds is 3. The fraction of sp³-hybridized carbons (Fsp3) is 0.700. The molecule has 0 saturated heterocycles. The fourth-order valence-electron chi connectivity index (χ4n) is 4.51. The van der Waals surface area contributed by atoms with Gasteiger partial charge < -0.3 is 14.3 Å². The van der Waals surface area contributed by atoms with E-state index < -0.39 is 23.5 Å². The number of esters is 1. The summed E-state index contributed by atoms with van der Waals surface area (Å²) < 4.78 is 11.5. The lowest BCUT2D eigenvalue weighted by Crippen LogP contribution is -2.55. The first-order valence-electron chi connectivity index (χ1n) is 9.24. The molecule has 1 aromatic rings. The number of aryl methyl sites for hydroxylation is 1. The minimum atomic E-state index is -0.739. The van der Waals surface area contributed by atoms with Crippen LogP contribution in [-0.4, -0.2) is 23.0 Å². The molecule has 6 atom stereocenters. The second-order valence-corrected chi connectivity index (χ2v) is 8.04. The largest absolute Gasteiger partial charge is 0.460 e. The minimum Gasteiger partial charge on any atom is -0.460 e. The summed E-state index contributed by atoms with van der Waals surface area (Å²) in [7, 11) is 0. The van der Waals surface area contributed by atoms with Gasteiger partial charge in [0.25, 0.3) is 0 Å². The molecule has 6 unspecified atom stereocenters. The Hall–Kier alpha value is -1.62. The van der Waals surface area contributed by atoms with E-state index in [0.717, 1.165) is 12.0 Å². The number of hydrogen-bond acceptors (Lipinski definition) is 5. The lowest BCUT2D eigenvalue weighted by atomic mass is 9.53. The number of fused-ring (bicyclic) bond motifs is 2. The van der Waals surface area contributed by atoms with Gasteiger partial charge in [-0.05, 0) is 37.7 Å². The Morgan fingerprint density at radius 2 is 2.16 bits per heavy atom. The van der Waals surface area contributed by atoms with Crippen LogP contribution in [0, 0.1) is 30.1 Å². The first-order chi connectivity index (χ1) is 11.7. The molecule has 2 aliphatic rings. The van der Waals surface area contributed by atoms with E-state index in [1.807, 2.05) is 27.7 Å². The summed E-state index contributed by atoms with van der Waals surface area (Å²) in [4.78, 5) is 25.6. The number of carbonyl (C=O) groups excluding carboxylic acids is 2. The number of furan rings is 1. The van der Waals surface area contributed by atoms with E-state index in [4.69, 9.17) is 9.15 Å². The summed E-state index contributed by atoms with van der Waals surface area (Å²) >= 11 is 0. The molecule has 0 radical (unpaired) electrons. The van der Waals surface area contributed by atoms with Gasteiger partial charge in [-0.25, -0.2) is 0 Å². The number of carbonyl (C=O) groups is 2. The van der Waals surface area contributed by atoms with Crippen LogP contribution in [0.15, 0.2) is 10.7 Å². The molecule has 0 aromatic carbocycles. The van der Waals surface area contributed by atoms with Gasteiger partial charge in [0, 0.05) is 11.0 Å². The third-order valence-electron chi connectivity index (χ3n) is 6.62. The summed E-state index contributed by atoms with van der Waals surface area (Å²) in [5, 5.41) is 10.6. The zero-order valence-corrected chi connectivity index (χ0v) is 15.7. The molecule has 0 spiro atoms. The van der Waals surface area contributed by atoms with Gasteiger partial charge in [-0.3, -0.25) is 9.59 Å². The molecular weight excluding hydrogens is 320 g/mol. The number of ketones is 1. The van der Waals surface area contributed by atoms with E-state index in [1.54, 1.807) is 6.26 Å². The van der Waals surface area contributed by atoms with Crippen molar-refractivity contribution in [3.8, 4) is 0 Å². The SMILES string of the molecule is CCC(C)C(=O)OC1c2c(C)coc2C(=O)C2C(O)CCC(C)C12C. The maximum Gasteiger partial charge on any atom is 0.309 e. The molecule has 5 heteroatoms. The molecule has 0 aliphatic heterocycles. The predicted octanol–water partition coefficient (Wildman–Crippen LogP) is 3.83. The van der Waals surface area contributed by atoms with Gasteiger partial charge in [-0.2, -0.15) is 0 Å². The summed E-state index contributed by atoms with van der Waals surface area (Å²) in [6, 6.07) is 0. The van der Waals surface area contributed by atoms with Crippen LogP contribution < -0.4 is 0 Å². The van der Waals surface area contributed by atoms with Crippen molar-refractivity contribution in [2.75, 3.05) is 0 Å². The number of ether oxygens (including phenoxy) is 1.